The number of nitrogens with zero attached hydrogens (tertiary/aromatic N) is 1. The predicted octanol–water partition coefficient (Wildman–Crippen LogP) is 11.1. The highest BCUT2D eigenvalue weighted by Gasteiger charge is 2.21. The summed E-state index contributed by atoms with van der Waals surface area (Å²) < 4.78 is 33.8. The third-order valence-electron chi connectivity index (χ3n) is 8.52. The van der Waals surface area contributed by atoms with Crippen LogP contribution in [-0.2, 0) is 32.7 Å². The Balaban J connectivity index is 4.49. The number of likely N-dealkylation sites (N-methyl/N-ethyl adjacent to an activating group) is 1. The van der Waals surface area contributed by atoms with Crippen molar-refractivity contribution in [2.24, 2.45) is 0 Å². The Kier molecular flexibility index (Phi) is 34.8. The summed E-state index contributed by atoms with van der Waals surface area (Å²) in [7, 11) is 1.12. The third kappa shape index (κ3) is 39.4. The van der Waals surface area contributed by atoms with E-state index in [1.807, 2.05) is 21.1 Å². The number of hydrogen-bond acceptors (Lipinski definition) is 8. The maximum absolute atomic E-state index is 12.6. The van der Waals surface area contributed by atoms with Crippen LogP contribution in [0.1, 0.15) is 155 Å². The Morgan fingerprint density at radius 3 is 1.63 bits per heavy atom. The first-order valence-electron chi connectivity index (χ1n) is 21.0. The molecular formula is C44H78NO8P. The minimum absolute atomic E-state index is 0.0426. The van der Waals surface area contributed by atoms with E-state index in [0.29, 0.717) is 23.9 Å². The molecule has 0 aromatic rings. The topological polar surface area (TPSA) is 111 Å². The summed E-state index contributed by atoms with van der Waals surface area (Å²) in [5.74, 6) is -0.907. The first-order chi connectivity index (χ1) is 26.0. The molecule has 0 N–H and O–H groups in total. The van der Waals surface area contributed by atoms with Gasteiger partial charge in [0.1, 0.15) is 19.8 Å². The fraction of sp³-hybridized carbons (Fsp3) is 0.727. The second kappa shape index (κ2) is 36.4. The van der Waals surface area contributed by atoms with Gasteiger partial charge in [0.05, 0.1) is 27.7 Å². The maximum Gasteiger partial charge on any atom is 0.306 e. The van der Waals surface area contributed by atoms with Crippen molar-refractivity contribution < 1.29 is 42.1 Å². The lowest BCUT2D eigenvalue weighted by Crippen LogP contribution is -2.37. The zero-order valence-corrected chi connectivity index (χ0v) is 35.8. The Hall–Kier alpha value is -2.29. The van der Waals surface area contributed by atoms with Crippen molar-refractivity contribution in [3.63, 3.8) is 0 Å². The number of ether oxygens (including phenoxy) is 2. The van der Waals surface area contributed by atoms with E-state index >= 15 is 0 Å². The van der Waals surface area contributed by atoms with E-state index in [1.54, 1.807) is 0 Å². The summed E-state index contributed by atoms with van der Waals surface area (Å²) in [5.41, 5.74) is 0. The van der Waals surface area contributed by atoms with Gasteiger partial charge in [-0.25, -0.2) is 0 Å². The smallest absolute Gasteiger partial charge is 0.306 e. The van der Waals surface area contributed by atoms with E-state index in [1.165, 1.54) is 51.4 Å². The Morgan fingerprint density at radius 1 is 0.593 bits per heavy atom. The molecule has 0 aliphatic carbocycles. The number of unbranched alkanes of at least 4 members (excludes halogenated alkanes) is 13. The molecule has 54 heavy (non-hydrogen) atoms. The summed E-state index contributed by atoms with van der Waals surface area (Å²) >= 11 is 0. The number of carbonyl (C=O) groups excluding carboxylic acids is 2. The van der Waals surface area contributed by atoms with Gasteiger partial charge in [-0.15, -0.1) is 0 Å². The summed E-state index contributed by atoms with van der Waals surface area (Å²) in [6, 6.07) is 0. The molecule has 9 nitrogen and oxygen atoms in total. The lowest BCUT2D eigenvalue weighted by atomic mass is 10.1. The van der Waals surface area contributed by atoms with Gasteiger partial charge in [-0.2, -0.15) is 0 Å². The number of allylic oxidation sites excluding steroid dienone is 10. The molecule has 10 heteroatoms. The second-order valence-corrected chi connectivity index (χ2v) is 16.4. The molecule has 2 atom stereocenters. The number of rotatable bonds is 37. The van der Waals surface area contributed by atoms with Gasteiger partial charge in [-0.05, 0) is 77.0 Å². The van der Waals surface area contributed by atoms with E-state index in [9.17, 15) is 19.0 Å². The van der Waals surface area contributed by atoms with Gasteiger partial charge in [0.15, 0.2) is 6.10 Å². The van der Waals surface area contributed by atoms with Gasteiger partial charge in [0, 0.05) is 12.8 Å². The summed E-state index contributed by atoms with van der Waals surface area (Å²) in [6.07, 6.45) is 42.5. The van der Waals surface area contributed by atoms with Crippen LogP contribution in [0, 0.1) is 0 Å². The Bertz CT molecular complexity index is 1110. The molecule has 0 saturated carbocycles. The number of quaternary nitrogens is 1. The van der Waals surface area contributed by atoms with Gasteiger partial charge in [-0.1, -0.05) is 126 Å². The molecule has 0 aliphatic heterocycles. The van der Waals surface area contributed by atoms with Crippen molar-refractivity contribution >= 4 is 19.8 Å². The van der Waals surface area contributed by atoms with Crippen molar-refractivity contribution in [3.05, 3.63) is 60.8 Å². The lowest BCUT2D eigenvalue weighted by Gasteiger charge is -2.28. The van der Waals surface area contributed by atoms with Crippen LogP contribution in [0.25, 0.3) is 0 Å². The van der Waals surface area contributed by atoms with Crippen molar-refractivity contribution in [2.45, 2.75) is 161 Å². The quantitative estimate of drug-likeness (QED) is 0.0201. The zero-order chi connectivity index (χ0) is 40.0. The van der Waals surface area contributed by atoms with Crippen LogP contribution < -0.4 is 4.89 Å². The van der Waals surface area contributed by atoms with Crippen LogP contribution in [0.3, 0.4) is 0 Å². The molecule has 0 radical (unpaired) electrons. The monoisotopic (exact) mass is 780 g/mol. The Labute approximate surface area is 330 Å². The number of phosphoric acid groups is 1. The first kappa shape index (κ1) is 51.7. The molecule has 0 fully saturated rings. The molecular weight excluding hydrogens is 701 g/mol. The van der Waals surface area contributed by atoms with Crippen molar-refractivity contribution in [1.29, 1.82) is 0 Å². The van der Waals surface area contributed by atoms with Gasteiger partial charge in [0.2, 0.25) is 0 Å². The normalized spacial score (nSPS) is 14.3. The van der Waals surface area contributed by atoms with E-state index in [2.05, 4.69) is 74.6 Å². The molecule has 0 saturated heterocycles. The van der Waals surface area contributed by atoms with Crippen LogP contribution in [0.4, 0.5) is 0 Å². The zero-order valence-electron chi connectivity index (χ0n) is 34.9. The first-order valence-corrected chi connectivity index (χ1v) is 22.5. The maximum atomic E-state index is 12.6. The Morgan fingerprint density at radius 2 is 1.06 bits per heavy atom. The second-order valence-electron chi connectivity index (χ2n) is 15.0. The SMILES string of the molecule is CC/C=C/C/C=C/C/C=C/C/C=C/CCCCC(=O)OC[C@H](COP(=O)([O-])OCC[N+](C)(C)C)OC(=O)CCCCC/C=C/CCCCCCCCCC. The number of phosphoric ester groups is 1. The predicted molar refractivity (Wildman–Crippen MR) is 222 cm³/mol. The highest BCUT2D eigenvalue weighted by atomic mass is 31.2. The van der Waals surface area contributed by atoms with Crippen LogP contribution in [0.15, 0.2) is 60.8 Å². The average molecular weight is 780 g/mol. The largest absolute Gasteiger partial charge is 0.756 e. The molecule has 0 rings (SSSR count). The van der Waals surface area contributed by atoms with E-state index < -0.39 is 32.5 Å². The highest BCUT2D eigenvalue weighted by Crippen LogP contribution is 2.38. The molecule has 312 valence electrons. The molecule has 0 amide bonds. The molecule has 0 aliphatic rings. The molecule has 0 bridgehead atoms. The standard InChI is InChI=1S/C44H78NO8P/c1-6-8-10-12-14-16-18-20-22-24-26-28-30-32-34-36-43(46)50-40-42(41-52-54(48,49)51-39-38-45(3,4)5)53-44(47)37-35-33-31-29-27-25-23-21-19-17-15-13-11-9-7-2/h8,10,14,16,20,22,25-28,42H,6-7,9,11-13,15,17-19,21,23-24,29-41H2,1-5H3/b10-8+,16-14+,22-20+,27-25+,28-26+/t42-/m1/s1. The fourth-order valence-electron chi connectivity index (χ4n) is 5.23. The summed E-state index contributed by atoms with van der Waals surface area (Å²) in [6.45, 7) is 4.02. The van der Waals surface area contributed by atoms with Gasteiger partial charge < -0.3 is 27.9 Å². The van der Waals surface area contributed by atoms with Crippen LogP contribution in [0.2, 0.25) is 0 Å². The van der Waals surface area contributed by atoms with Gasteiger partial charge in [-0.3, -0.25) is 14.2 Å². The molecule has 0 aromatic carbocycles. The number of esters is 2. The molecule has 0 spiro atoms. The molecule has 1 unspecified atom stereocenters. The molecule has 0 aromatic heterocycles. The van der Waals surface area contributed by atoms with Crippen LogP contribution in [-0.4, -0.2) is 70.0 Å². The van der Waals surface area contributed by atoms with Crippen molar-refractivity contribution in [2.75, 3.05) is 47.5 Å². The van der Waals surface area contributed by atoms with E-state index in [-0.39, 0.29) is 26.1 Å². The van der Waals surface area contributed by atoms with Gasteiger partial charge in [0.25, 0.3) is 7.82 Å². The number of hydrogen-bond donors (Lipinski definition) is 0. The third-order valence-corrected chi connectivity index (χ3v) is 9.49. The molecule has 0 heterocycles. The summed E-state index contributed by atoms with van der Waals surface area (Å²) in [4.78, 5) is 37.4. The fourth-order valence-corrected chi connectivity index (χ4v) is 5.96. The summed E-state index contributed by atoms with van der Waals surface area (Å²) in [5, 5.41) is 0. The van der Waals surface area contributed by atoms with E-state index in [0.717, 1.165) is 64.2 Å². The number of carbonyl (C=O) groups is 2. The van der Waals surface area contributed by atoms with Crippen LogP contribution >= 0.6 is 7.82 Å². The van der Waals surface area contributed by atoms with Gasteiger partial charge >= 0.3 is 11.9 Å². The van der Waals surface area contributed by atoms with E-state index in [4.69, 9.17) is 18.5 Å². The average Bonchev–Trinajstić information content (AvgIpc) is 3.12. The minimum atomic E-state index is -4.64. The minimum Gasteiger partial charge on any atom is -0.756 e. The highest BCUT2D eigenvalue weighted by molar-refractivity contribution is 7.45. The lowest BCUT2D eigenvalue weighted by molar-refractivity contribution is -0.870. The van der Waals surface area contributed by atoms with Crippen molar-refractivity contribution in [3.8, 4) is 0 Å². The van der Waals surface area contributed by atoms with Crippen molar-refractivity contribution in [1.82, 2.24) is 0 Å². The van der Waals surface area contributed by atoms with Crippen LogP contribution in [0.5, 0.6) is 0 Å².